The van der Waals surface area contributed by atoms with Crippen molar-refractivity contribution in [1.82, 2.24) is 0 Å². The van der Waals surface area contributed by atoms with Crippen LogP contribution in [-0.4, -0.2) is 24.7 Å². The van der Waals surface area contributed by atoms with E-state index in [1.165, 1.54) is 4.90 Å². The summed E-state index contributed by atoms with van der Waals surface area (Å²) >= 11 is 0. The predicted molar refractivity (Wildman–Crippen MR) is 81.7 cm³/mol. The van der Waals surface area contributed by atoms with Gasteiger partial charge in [0.15, 0.2) is 5.75 Å². The maximum absolute atomic E-state index is 12.2. The molecule has 0 fully saturated rings. The van der Waals surface area contributed by atoms with Crippen molar-refractivity contribution < 1.29 is 19.1 Å². The first-order valence-corrected chi connectivity index (χ1v) is 6.92. The third-order valence-corrected chi connectivity index (χ3v) is 2.72. The second-order valence-electron chi connectivity index (χ2n) is 5.79. The smallest absolute Gasteiger partial charge is 0.414 e. The van der Waals surface area contributed by atoms with Gasteiger partial charge in [0.1, 0.15) is 5.60 Å². The molecule has 0 saturated carbocycles. The van der Waals surface area contributed by atoms with E-state index in [2.05, 4.69) is 0 Å². The first kappa shape index (κ1) is 17.0. The monoisotopic (exact) mass is 293 g/mol. The molecule has 1 aromatic carbocycles. The van der Waals surface area contributed by atoms with Gasteiger partial charge in [0.2, 0.25) is 0 Å². The second kappa shape index (κ2) is 6.61. The maximum Gasteiger partial charge on any atom is 0.414 e. The van der Waals surface area contributed by atoms with Gasteiger partial charge in [-0.1, -0.05) is 19.1 Å². The van der Waals surface area contributed by atoms with Gasteiger partial charge in [0.25, 0.3) is 0 Å². The molecule has 0 spiro atoms. The van der Waals surface area contributed by atoms with Crippen molar-refractivity contribution in [3.63, 3.8) is 0 Å². The summed E-state index contributed by atoms with van der Waals surface area (Å²) < 4.78 is 10.6. The Morgan fingerprint density at radius 1 is 1.24 bits per heavy atom. The van der Waals surface area contributed by atoms with Gasteiger partial charge in [-0.15, -0.1) is 0 Å². The highest BCUT2D eigenvalue weighted by atomic mass is 16.6. The molecule has 116 valence electrons. The first-order valence-electron chi connectivity index (χ1n) is 6.92. The Labute approximate surface area is 125 Å². The minimum atomic E-state index is -0.589. The van der Waals surface area contributed by atoms with Crippen molar-refractivity contribution in [1.29, 1.82) is 0 Å². The third-order valence-electron chi connectivity index (χ3n) is 2.72. The molecule has 5 nitrogen and oxygen atoms in total. The number of anilines is 1. The quantitative estimate of drug-likeness (QED) is 0.630. The maximum atomic E-state index is 12.2. The highest BCUT2D eigenvalue weighted by Gasteiger charge is 2.24. The molecule has 0 bridgehead atoms. The van der Waals surface area contributed by atoms with Crippen LogP contribution in [0, 0.1) is 6.92 Å². The van der Waals surface area contributed by atoms with Crippen LogP contribution in [0.4, 0.5) is 10.5 Å². The molecule has 0 aliphatic rings. The van der Waals surface area contributed by atoms with E-state index in [-0.39, 0.29) is 12.4 Å². The van der Waals surface area contributed by atoms with E-state index in [1.807, 2.05) is 13.0 Å². The van der Waals surface area contributed by atoms with Crippen LogP contribution < -0.4 is 9.64 Å². The zero-order valence-corrected chi connectivity index (χ0v) is 13.5. The van der Waals surface area contributed by atoms with Gasteiger partial charge in [0.05, 0.1) is 5.69 Å². The molecule has 0 aromatic heterocycles. The number of benzene rings is 1. The van der Waals surface area contributed by atoms with Crippen molar-refractivity contribution in [2.45, 2.75) is 46.6 Å². The number of para-hydroxylation sites is 1. The lowest BCUT2D eigenvalue weighted by atomic mass is 10.1. The van der Waals surface area contributed by atoms with E-state index in [0.29, 0.717) is 11.4 Å². The minimum absolute atomic E-state index is 0.267. The summed E-state index contributed by atoms with van der Waals surface area (Å²) in [6, 6.07) is 5.29. The summed E-state index contributed by atoms with van der Waals surface area (Å²) in [5, 5.41) is 0. The Balaban J connectivity index is 3.10. The summed E-state index contributed by atoms with van der Waals surface area (Å²) in [4.78, 5) is 25.1. The molecule has 0 radical (unpaired) electrons. The van der Waals surface area contributed by atoms with Gasteiger partial charge in [-0.2, -0.15) is 0 Å². The summed E-state index contributed by atoms with van der Waals surface area (Å²) in [6.07, 6.45) is -0.227. The first-order chi connectivity index (χ1) is 9.65. The van der Waals surface area contributed by atoms with Crippen LogP contribution in [0.15, 0.2) is 18.2 Å². The number of esters is 1. The number of nitrogens with zero attached hydrogens (tertiary/aromatic N) is 1. The molecule has 0 N–H and O–H groups in total. The Bertz CT molecular complexity index is 532. The van der Waals surface area contributed by atoms with E-state index in [9.17, 15) is 9.59 Å². The van der Waals surface area contributed by atoms with E-state index in [0.717, 1.165) is 5.56 Å². The van der Waals surface area contributed by atoms with Gasteiger partial charge in [-0.05, 0) is 39.3 Å². The van der Waals surface area contributed by atoms with Crippen molar-refractivity contribution in [2.24, 2.45) is 0 Å². The van der Waals surface area contributed by atoms with Crippen LogP contribution >= 0.6 is 0 Å². The van der Waals surface area contributed by atoms with Gasteiger partial charge in [0, 0.05) is 13.5 Å². The Hall–Kier alpha value is -2.04. The SMILES string of the molecule is CCC(=O)Oc1cccc(C)c1N(C)C(=O)OC(C)(C)C. The summed E-state index contributed by atoms with van der Waals surface area (Å²) in [7, 11) is 1.60. The van der Waals surface area contributed by atoms with E-state index < -0.39 is 11.7 Å². The highest BCUT2D eigenvalue weighted by Crippen LogP contribution is 2.32. The Kier molecular flexibility index (Phi) is 5.35. The van der Waals surface area contributed by atoms with Crippen molar-refractivity contribution in [3.05, 3.63) is 23.8 Å². The van der Waals surface area contributed by atoms with Gasteiger partial charge in [-0.3, -0.25) is 9.69 Å². The number of ether oxygens (including phenoxy) is 2. The zero-order valence-electron chi connectivity index (χ0n) is 13.5. The van der Waals surface area contributed by atoms with Crippen LogP contribution in [0.25, 0.3) is 0 Å². The minimum Gasteiger partial charge on any atom is -0.443 e. The fourth-order valence-corrected chi connectivity index (χ4v) is 1.76. The van der Waals surface area contributed by atoms with E-state index >= 15 is 0 Å². The summed E-state index contributed by atoms with van der Waals surface area (Å²) in [5.74, 6) is 0.00893. The largest absolute Gasteiger partial charge is 0.443 e. The molecule has 1 aromatic rings. The fourth-order valence-electron chi connectivity index (χ4n) is 1.76. The van der Waals surface area contributed by atoms with Crippen LogP contribution in [0.5, 0.6) is 5.75 Å². The Morgan fingerprint density at radius 2 is 1.86 bits per heavy atom. The molecule has 1 rings (SSSR count). The molecule has 0 saturated heterocycles. The Morgan fingerprint density at radius 3 is 2.38 bits per heavy atom. The number of rotatable bonds is 3. The lowest BCUT2D eigenvalue weighted by Gasteiger charge is -2.26. The van der Waals surface area contributed by atoms with Gasteiger partial charge in [-0.25, -0.2) is 4.79 Å². The lowest BCUT2D eigenvalue weighted by molar-refractivity contribution is -0.133. The van der Waals surface area contributed by atoms with Crippen LogP contribution in [-0.2, 0) is 9.53 Å². The number of carbonyl (C=O) groups is 2. The van der Waals surface area contributed by atoms with Crippen molar-refractivity contribution >= 4 is 17.7 Å². The second-order valence-corrected chi connectivity index (χ2v) is 5.79. The standard InChI is InChI=1S/C16H23NO4/c1-7-13(18)20-12-10-8-9-11(2)14(12)17(6)15(19)21-16(3,4)5/h8-10H,7H2,1-6H3. The molecule has 0 aliphatic heterocycles. The zero-order chi connectivity index (χ0) is 16.2. The average Bonchev–Trinajstić information content (AvgIpc) is 2.36. The normalized spacial score (nSPS) is 11.0. The molecule has 1 amide bonds. The van der Waals surface area contributed by atoms with Gasteiger partial charge < -0.3 is 9.47 Å². The molecule has 0 aliphatic carbocycles. The topological polar surface area (TPSA) is 55.8 Å². The molecule has 0 atom stereocenters. The van der Waals surface area contributed by atoms with Gasteiger partial charge >= 0.3 is 12.1 Å². The van der Waals surface area contributed by atoms with Crippen molar-refractivity contribution in [2.75, 3.05) is 11.9 Å². The number of amides is 1. The van der Waals surface area contributed by atoms with Crippen LogP contribution in [0.2, 0.25) is 0 Å². The van der Waals surface area contributed by atoms with Crippen LogP contribution in [0.3, 0.4) is 0 Å². The van der Waals surface area contributed by atoms with E-state index in [1.54, 1.807) is 46.9 Å². The molecule has 21 heavy (non-hydrogen) atoms. The average molecular weight is 293 g/mol. The molecule has 5 heteroatoms. The number of hydrogen-bond acceptors (Lipinski definition) is 4. The fraction of sp³-hybridized carbons (Fsp3) is 0.500. The molecule has 0 unspecified atom stereocenters. The number of hydrogen-bond donors (Lipinski definition) is 0. The predicted octanol–water partition coefficient (Wildman–Crippen LogP) is 3.68. The molecular formula is C16H23NO4. The van der Waals surface area contributed by atoms with Crippen LogP contribution in [0.1, 0.15) is 39.7 Å². The highest BCUT2D eigenvalue weighted by molar-refractivity contribution is 5.91. The number of aryl methyl sites for hydroxylation is 1. The summed E-state index contributed by atoms with van der Waals surface area (Å²) in [5.41, 5.74) is 0.771. The third kappa shape index (κ3) is 4.77. The summed E-state index contributed by atoms with van der Waals surface area (Å²) in [6.45, 7) is 8.96. The molecular weight excluding hydrogens is 270 g/mol. The van der Waals surface area contributed by atoms with E-state index in [4.69, 9.17) is 9.47 Å². The molecule has 0 heterocycles. The van der Waals surface area contributed by atoms with Crippen molar-refractivity contribution in [3.8, 4) is 5.75 Å². The number of carbonyl (C=O) groups excluding carboxylic acids is 2. The lowest BCUT2D eigenvalue weighted by Crippen LogP contribution is -2.34.